The Morgan fingerprint density at radius 2 is 1.82 bits per heavy atom. The molecule has 0 radical (unpaired) electrons. The molecule has 0 saturated carbocycles. The maximum Gasteiger partial charge on any atom is 0.0590 e. The smallest absolute Gasteiger partial charge is 0.0590 e. The molecular formula is C14H32N2O. The fraction of sp³-hybridized carbons (Fsp3) is 1.00. The molecule has 1 unspecified atom stereocenters. The van der Waals surface area contributed by atoms with Gasteiger partial charge in [-0.05, 0) is 32.7 Å². The highest BCUT2D eigenvalue weighted by Crippen LogP contribution is 1.99. The van der Waals surface area contributed by atoms with Gasteiger partial charge in [0, 0.05) is 32.3 Å². The van der Waals surface area contributed by atoms with Crippen LogP contribution < -0.4 is 5.32 Å². The Bertz CT molecular complexity index is 162. The van der Waals surface area contributed by atoms with Gasteiger partial charge in [-0.3, -0.25) is 0 Å². The van der Waals surface area contributed by atoms with E-state index in [9.17, 15) is 0 Å². The molecule has 17 heavy (non-hydrogen) atoms. The summed E-state index contributed by atoms with van der Waals surface area (Å²) in [5, 5.41) is 3.42. The van der Waals surface area contributed by atoms with Crippen molar-refractivity contribution < 1.29 is 4.74 Å². The lowest BCUT2D eigenvalue weighted by atomic mass is 10.1. The molecule has 0 aliphatic heterocycles. The zero-order valence-corrected chi connectivity index (χ0v) is 12.5. The number of rotatable bonds is 11. The van der Waals surface area contributed by atoms with Crippen molar-refractivity contribution in [3.63, 3.8) is 0 Å². The van der Waals surface area contributed by atoms with Crippen LogP contribution in [0.15, 0.2) is 0 Å². The molecule has 0 aromatic carbocycles. The van der Waals surface area contributed by atoms with Gasteiger partial charge < -0.3 is 15.0 Å². The molecule has 1 atom stereocenters. The van der Waals surface area contributed by atoms with Crippen molar-refractivity contribution in [2.45, 2.75) is 46.6 Å². The highest BCUT2D eigenvalue weighted by atomic mass is 16.5. The average molecular weight is 244 g/mol. The molecule has 3 nitrogen and oxygen atoms in total. The van der Waals surface area contributed by atoms with Gasteiger partial charge in [-0.1, -0.05) is 20.8 Å². The van der Waals surface area contributed by atoms with Crippen LogP contribution in [-0.4, -0.2) is 50.8 Å². The molecular weight excluding hydrogens is 212 g/mol. The van der Waals surface area contributed by atoms with Crippen molar-refractivity contribution in [2.75, 3.05) is 39.9 Å². The van der Waals surface area contributed by atoms with Crippen molar-refractivity contribution in [1.29, 1.82) is 0 Å². The molecule has 0 heterocycles. The van der Waals surface area contributed by atoms with Crippen LogP contribution in [0.2, 0.25) is 0 Å². The number of hydrogen-bond donors (Lipinski definition) is 1. The maximum absolute atomic E-state index is 5.54. The summed E-state index contributed by atoms with van der Waals surface area (Å²) < 4.78 is 5.54. The zero-order valence-electron chi connectivity index (χ0n) is 12.5. The number of nitrogens with one attached hydrogen (secondary N) is 1. The van der Waals surface area contributed by atoms with Gasteiger partial charge in [-0.25, -0.2) is 0 Å². The van der Waals surface area contributed by atoms with E-state index in [4.69, 9.17) is 4.74 Å². The molecule has 0 rings (SSSR count). The van der Waals surface area contributed by atoms with Crippen LogP contribution in [0.1, 0.15) is 40.5 Å². The predicted molar refractivity (Wildman–Crippen MR) is 75.5 cm³/mol. The number of hydrogen-bond acceptors (Lipinski definition) is 3. The van der Waals surface area contributed by atoms with Crippen LogP contribution in [0.25, 0.3) is 0 Å². The van der Waals surface area contributed by atoms with Crippen LogP contribution in [0.3, 0.4) is 0 Å². The monoisotopic (exact) mass is 244 g/mol. The molecule has 0 amide bonds. The second-order valence-corrected chi connectivity index (χ2v) is 5.28. The van der Waals surface area contributed by atoms with Gasteiger partial charge in [0.2, 0.25) is 0 Å². The van der Waals surface area contributed by atoms with Gasteiger partial charge in [-0.2, -0.15) is 0 Å². The summed E-state index contributed by atoms with van der Waals surface area (Å²) in [7, 11) is 2.19. The fourth-order valence-corrected chi connectivity index (χ4v) is 1.48. The van der Waals surface area contributed by atoms with Crippen molar-refractivity contribution in [3.8, 4) is 0 Å². The third kappa shape index (κ3) is 10.7. The van der Waals surface area contributed by atoms with Gasteiger partial charge in [0.25, 0.3) is 0 Å². The third-order valence-corrected chi connectivity index (χ3v) is 3.25. The van der Waals surface area contributed by atoms with E-state index in [0.717, 1.165) is 45.2 Å². The maximum atomic E-state index is 5.54. The van der Waals surface area contributed by atoms with Gasteiger partial charge in [0.1, 0.15) is 0 Å². The van der Waals surface area contributed by atoms with Crippen LogP contribution in [0.4, 0.5) is 0 Å². The first-order chi connectivity index (χ1) is 8.07. The third-order valence-electron chi connectivity index (χ3n) is 3.25. The van der Waals surface area contributed by atoms with Crippen molar-refractivity contribution in [2.24, 2.45) is 5.92 Å². The lowest BCUT2D eigenvalue weighted by molar-refractivity contribution is 0.124. The molecule has 0 fully saturated rings. The summed E-state index contributed by atoms with van der Waals surface area (Å²) >= 11 is 0. The molecule has 0 aromatic rings. The van der Waals surface area contributed by atoms with Crippen LogP contribution in [0.5, 0.6) is 0 Å². The average Bonchev–Trinajstić information content (AvgIpc) is 2.30. The molecule has 104 valence electrons. The largest absolute Gasteiger partial charge is 0.380 e. The Labute approximate surface area is 108 Å². The lowest BCUT2D eigenvalue weighted by Gasteiger charge is -2.23. The van der Waals surface area contributed by atoms with E-state index in [1.807, 2.05) is 0 Å². The lowest BCUT2D eigenvalue weighted by Crippen LogP contribution is -2.35. The normalized spacial score (nSPS) is 13.6. The Balaban J connectivity index is 3.18. The molecule has 0 aromatic heterocycles. The Kier molecular flexibility index (Phi) is 10.9. The van der Waals surface area contributed by atoms with Crippen LogP contribution in [-0.2, 0) is 4.74 Å². The molecule has 0 saturated heterocycles. The number of ether oxygens (including phenoxy) is 1. The summed E-state index contributed by atoms with van der Waals surface area (Å²) in [5.41, 5.74) is 0. The topological polar surface area (TPSA) is 24.5 Å². The van der Waals surface area contributed by atoms with E-state index in [2.05, 4.69) is 45.0 Å². The van der Waals surface area contributed by atoms with Crippen LogP contribution >= 0.6 is 0 Å². The molecule has 1 N–H and O–H groups in total. The van der Waals surface area contributed by atoms with E-state index in [-0.39, 0.29) is 0 Å². The Morgan fingerprint density at radius 3 is 2.41 bits per heavy atom. The van der Waals surface area contributed by atoms with Crippen molar-refractivity contribution >= 4 is 0 Å². The minimum atomic E-state index is 0.680. The minimum absolute atomic E-state index is 0.680. The van der Waals surface area contributed by atoms with E-state index >= 15 is 0 Å². The fourth-order valence-electron chi connectivity index (χ4n) is 1.48. The predicted octanol–water partition coefficient (Wildman–Crippen LogP) is 2.37. The SMILES string of the molecule is CCC(C)N(C)CCNCCOCCC(C)C. The molecule has 0 aliphatic carbocycles. The first kappa shape index (κ1) is 16.9. The summed E-state index contributed by atoms with van der Waals surface area (Å²) in [6.45, 7) is 13.8. The molecule has 3 heteroatoms. The summed E-state index contributed by atoms with van der Waals surface area (Å²) in [4.78, 5) is 2.40. The Morgan fingerprint density at radius 1 is 1.12 bits per heavy atom. The van der Waals surface area contributed by atoms with E-state index in [0.29, 0.717) is 6.04 Å². The first-order valence-electron chi connectivity index (χ1n) is 7.06. The number of likely N-dealkylation sites (N-methyl/N-ethyl adjacent to an activating group) is 1. The molecule has 0 spiro atoms. The van der Waals surface area contributed by atoms with Crippen molar-refractivity contribution in [3.05, 3.63) is 0 Å². The van der Waals surface area contributed by atoms with E-state index < -0.39 is 0 Å². The standard InChI is InChI=1S/C14H32N2O/c1-6-14(4)16(5)10-8-15-9-12-17-11-7-13(2)3/h13-15H,6-12H2,1-5H3. The van der Waals surface area contributed by atoms with E-state index in [1.54, 1.807) is 0 Å². The minimum Gasteiger partial charge on any atom is -0.380 e. The van der Waals surface area contributed by atoms with Gasteiger partial charge in [0.05, 0.1) is 6.61 Å². The highest BCUT2D eigenvalue weighted by molar-refractivity contribution is 4.62. The quantitative estimate of drug-likeness (QED) is 0.565. The summed E-state index contributed by atoms with van der Waals surface area (Å²) in [6.07, 6.45) is 2.38. The summed E-state index contributed by atoms with van der Waals surface area (Å²) in [6, 6.07) is 0.680. The second-order valence-electron chi connectivity index (χ2n) is 5.28. The van der Waals surface area contributed by atoms with Crippen molar-refractivity contribution in [1.82, 2.24) is 10.2 Å². The van der Waals surface area contributed by atoms with E-state index in [1.165, 1.54) is 6.42 Å². The Hall–Kier alpha value is -0.120. The highest BCUT2D eigenvalue weighted by Gasteiger charge is 2.04. The van der Waals surface area contributed by atoms with Gasteiger partial charge in [0.15, 0.2) is 0 Å². The zero-order chi connectivity index (χ0) is 13.1. The molecule has 0 aliphatic rings. The van der Waals surface area contributed by atoms with Crippen LogP contribution in [0, 0.1) is 5.92 Å². The van der Waals surface area contributed by atoms with Gasteiger partial charge >= 0.3 is 0 Å². The number of nitrogens with zero attached hydrogens (tertiary/aromatic N) is 1. The second kappa shape index (κ2) is 11.0. The molecule has 0 bridgehead atoms. The summed E-state index contributed by atoms with van der Waals surface area (Å²) in [5.74, 6) is 0.743. The van der Waals surface area contributed by atoms with Gasteiger partial charge in [-0.15, -0.1) is 0 Å². The first-order valence-corrected chi connectivity index (χ1v) is 7.06.